The molecule has 0 saturated carbocycles. The van der Waals surface area contributed by atoms with Gasteiger partial charge in [0.05, 0.1) is 31.0 Å². The largest absolute Gasteiger partial charge is 0.380 e. The zero-order valence-corrected chi connectivity index (χ0v) is 14.9. The number of rotatable bonds is 5. The molecule has 0 aliphatic carbocycles. The molecule has 4 rings (SSSR count). The molecule has 134 valence electrons. The highest BCUT2D eigenvalue weighted by Crippen LogP contribution is 2.25. The molecular formula is C18H18ClN5O2. The third-order valence-corrected chi connectivity index (χ3v) is 4.73. The number of carbonyl (C=O) groups is 1. The van der Waals surface area contributed by atoms with Gasteiger partial charge in [0.15, 0.2) is 5.82 Å². The molecule has 2 N–H and O–H groups in total. The molecule has 0 unspecified atom stereocenters. The first-order chi connectivity index (χ1) is 12.6. The van der Waals surface area contributed by atoms with E-state index in [2.05, 4.69) is 20.6 Å². The molecule has 1 aliphatic heterocycles. The zero-order chi connectivity index (χ0) is 18.1. The van der Waals surface area contributed by atoms with Crippen molar-refractivity contribution in [3.63, 3.8) is 0 Å². The highest BCUT2D eigenvalue weighted by atomic mass is 35.5. The van der Waals surface area contributed by atoms with Gasteiger partial charge in [-0.05, 0) is 25.1 Å². The normalized spacial score (nSPS) is 15.5. The number of halogens is 1. The Morgan fingerprint density at radius 3 is 3.00 bits per heavy atom. The number of anilines is 1. The number of nitrogens with one attached hydrogen (secondary N) is 2. The van der Waals surface area contributed by atoms with E-state index in [0.717, 1.165) is 16.9 Å². The number of benzene rings is 1. The Morgan fingerprint density at radius 2 is 2.27 bits per heavy atom. The van der Waals surface area contributed by atoms with Gasteiger partial charge in [-0.25, -0.2) is 4.68 Å². The Labute approximate surface area is 155 Å². The van der Waals surface area contributed by atoms with E-state index >= 15 is 0 Å². The summed E-state index contributed by atoms with van der Waals surface area (Å²) in [6.45, 7) is 3.21. The van der Waals surface area contributed by atoms with E-state index in [0.29, 0.717) is 30.0 Å². The number of hydrogen-bond acceptors (Lipinski definition) is 4. The molecular weight excluding hydrogens is 354 g/mol. The summed E-state index contributed by atoms with van der Waals surface area (Å²) in [5.41, 5.74) is 2.63. The number of H-pyrrole nitrogens is 1. The summed E-state index contributed by atoms with van der Waals surface area (Å²) in [6, 6.07) is 9.24. The maximum Gasteiger partial charge on any atom is 0.232 e. The SMILES string of the molecule is C[C@@H](C(=O)Nc1cc(C2COC2)[nH]n1)c1cnn(-c2cccc(Cl)c2)c1. The van der Waals surface area contributed by atoms with E-state index in [1.807, 2.05) is 37.4 Å². The van der Waals surface area contributed by atoms with Crippen molar-refractivity contribution in [3.05, 3.63) is 59.0 Å². The summed E-state index contributed by atoms with van der Waals surface area (Å²) in [5, 5.41) is 14.9. The second-order valence-electron chi connectivity index (χ2n) is 6.35. The van der Waals surface area contributed by atoms with Gasteiger partial charge in [-0.1, -0.05) is 17.7 Å². The van der Waals surface area contributed by atoms with Crippen molar-refractivity contribution in [1.29, 1.82) is 0 Å². The van der Waals surface area contributed by atoms with Crippen LogP contribution >= 0.6 is 11.6 Å². The van der Waals surface area contributed by atoms with Crippen molar-refractivity contribution in [2.45, 2.75) is 18.8 Å². The van der Waals surface area contributed by atoms with Crippen LogP contribution in [0.25, 0.3) is 5.69 Å². The van der Waals surface area contributed by atoms with Crippen LogP contribution in [0.4, 0.5) is 5.82 Å². The van der Waals surface area contributed by atoms with Gasteiger partial charge in [0, 0.05) is 34.5 Å². The van der Waals surface area contributed by atoms with Gasteiger partial charge in [0.25, 0.3) is 0 Å². The number of hydrogen-bond donors (Lipinski definition) is 2. The van der Waals surface area contributed by atoms with Crippen LogP contribution in [0.3, 0.4) is 0 Å². The Morgan fingerprint density at radius 1 is 1.42 bits per heavy atom. The van der Waals surface area contributed by atoms with E-state index in [1.165, 1.54) is 0 Å². The molecule has 0 spiro atoms. The summed E-state index contributed by atoms with van der Waals surface area (Å²) in [5.74, 6) is 0.348. The second kappa shape index (κ2) is 6.93. The molecule has 0 radical (unpaired) electrons. The van der Waals surface area contributed by atoms with Gasteiger partial charge >= 0.3 is 0 Å². The Hall–Kier alpha value is -2.64. The fraction of sp³-hybridized carbons (Fsp3) is 0.278. The summed E-state index contributed by atoms with van der Waals surface area (Å²) in [7, 11) is 0. The molecule has 2 aromatic heterocycles. The van der Waals surface area contributed by atoms with Gasteiger partial charge in [0.1, 0.15) is 0 Å². The minimum Gasteiger partial charge on any atom is -0.380 e. The zero-order valence-electron chi connectivity index (χ0n) is 14.1. The van der Waals surface area contributed by atoms with Crippen LogP contribution in [0.1, 0.15) is 30.0 Å². The Bertz CT molecular complexity index is 931. The lowest BCUT2D eigenvalue weighted by molar-refractivity contribution is -0.117. The van der Waals surface area contributed by atoms with Gasteiger partial charge in [-0.15, -0.1) is 0 Å². The van der Waals surface area contributed by atoms with Crippen LogP contribution in [0.15, 0.2) is 42.7 Å². The van der Waals surface area contributed by atoms with Crippen molar-refractivity contribution < 1.29 is 9.53 Å². The van der Waals surface area contributed by atoms with Gasteiger partial charge in [-0.2, -0.15) is 10.2 Å². The monoisotopic (exact) mass is 371 g/mol. The predicted molar refractivity (Wildman–Crippen MR) is 97.8 cm³/mol. The van der Waals surface area contributed by atoms with E-state index in [4.69, 9.17) is 16.3 Å². The molecule has 0 bridgehead atoms. The van der Waals surface area contributed by atoms with Gasteiger partial charge < -0.3 is 10.1 Å². The first-order valence-electron chi connectivity index (χ1n) is 8.34. The minimum atomic E-state index is -0.366. The third kappa shape index (κ3) is 3.36. The average Bonchev–Trinajstić information content (AvgIpc) is 3.22. The molecule has 1 aliphatic rings. The average molecular weight is 372 g/mol. The quantitative estimate of drug-likeness (QED) is 0.721. The number of ether oxygens (including phenoxy) is 1. The number of nitrogens with zero attached hydrogens (tertiary/aromatic N) is 3. The topological polar surface area (TPSA) is 84.8 Å². The third-order valence-electron chi connectivity index (χ3n) is 4.50. The van der Waals surface area contributed by atoms with Crippen molar-refractivity contribution in [2.75, 3.05) is 18.5 Å². The highest BCUT2D eigenvalue weighted by molar-refractivity contribution is 6.30. The summed E-state index contributed by atoms with van der Waals surface area (Å²) in [4.78, 5) is 12.5. The smallest absolute Gasteiger partial charge is 0.232 e. The van der Waals surface area contributed by atoms with Crippen LogP contribution in [-0.4, -0.2) is 39.1 Å². The minimum absolute atomic E-state index is 0.140. The Kier molecular flexibility index (Phi) is 4.48. The maximum atomic E-state index is 12.5. The van der Waals surface area contributed by atoms with Gasteiger partial charge in [0.2, 0.25) is 5.91 Å². The van der Waals surface area contributed by atoms with Gasteiger partial charge in [-0.3, -0.25) is 9.89 Å². The molecule has 7 nitrogen and oxygen atoms in total. The van der Waals surface area contributed by atoms with Crippen molar-refractivity contribution in [3.8, 4) is 5.69 Å². The van der Waals surface area contributed by atoms with Crippen molar-refractivity contribution in [1.82, 2.24) is 20.0 Å². The molecule has 3 heterocycles. The fourth-order valence-electron chi connectivity index (χ4n) is 2.73. The molecule has 1 aromatic carbocycles. The first-order valence-corrected chi connectivity index (χ1v) is 8.72. The molecule has 8 heteroatoms. The number of amides is 1. The summed E-state index contributed by atoms with van der Waals surface area (Å²) < 4.78 is 6.87. The fourth-order valence-corrected chi connectivity index (χ4v) is 2.92. The van der Waals surface area contributed by atoms with Crippen LogP contribution in [-0.2, 0) is 9.53 Å². The molecule has 1 saturated heterocycles. The van der Waals surface area contributed by atoms with Crippen LogP contribution in [0, 0.1) is 0 Å². The summed E-state index contributed by atoms with van der Waals surface area (Å²) in [6.07, 6.45) is 3.52. The van der Waals surface area contributed by atoms with E-state index in [1.54, 1.807) is 16.9 Å². The number of aromatic nitrogens is 4. The predicted octanol–water partition coefficient (Wildman–Crippen LogP) is 3.10. The van der Waals surface area contributed by atoms with Crippen molar-refractivity contribution >= 4 is 23.3 Å². The highest BCUT2D eigenvalue weighted by Gasteiger charge is 2.24. The molecule has 26 heavy (non-hydrogen) atoms. The van der Waals surface area contributed by atoms with Crippen LogP contribution in [0.5, 0.6) is 0 Å². The molecule has 1 amide bonds. The lowest BCUT2D eigenvalue weighted by atomic mass is 10.0. The first kappa shape index (κ1) is 16.8. The van der Waals surface area contributed by atoms with Crippen LogP contribution in [0.2, 0.25) is 5.02 Å². The molecule has 3 aromatic rings. The second-order valence-corrected chi connectivity index (χ2v) is 6.79. The molecule has 1 atom stereocenters. The van der Waals surface area contributed by atoms with E-state index in [-0.39, 0.29) is 11.8 Å². The lowest BCUT2D eigenvalue weighted by Gasteiger charge is -2.24. The van der Waals surface area contributed by atoms with Crippen LogP contribution < -0.4 is 5.32 Å². The Balaban J connectivity index is 1.44. The van der Waals surface area contributed by atoms with E-state index < -0.39 is 0 Å². The van der Waals surface area contributed by atoms with E-state index in [9.17, 15) is 4.79 Å². The maximum absolute atomic E-state index is 12.5. The standard InChI is InChI=1S/C18H18ClN5O2/c1-11(12-7-20-24(8-12)15-4-2-3-14(19)5-15)18(25)21-17-6-16(22-23-17)13-9-26-10-13/h2-8,11,13H,9-10H2,1H3,(H2,21,22,23,25)/t11-/m1/s1. The molecule has 1 fully saturated rings. The summed E-state index contributed by atoms with van der Waals surface area (Å²) >= 11 is 6.02. The van der Waals surface area contributed by atoms with Crippen molar-refractivity contribution in [2.24, 2.45) is 0 Å². The number of aromatic amines is 1. The lowest BCUT2D eigenvalue weighted by Crippen LogP contribution is -2.25. The number of carbonyl (C=O) groups excluding carboxylic acids is 1.